The van der Waals surface area contributed by atoms with Crippen LogP contribution in [0.5, 0.6) is 0 Å². The van der Waals surface area contributed by atoms with Crippen molar-refractivity contribution in [3.63, 3.8) is 0 Å². The molecule has 0 aliphatic heterocycles. The van der Waals surface area contributed by atoms with Gasteiger partial charge in [0.1, 0.15) is 18.0 Å². The van der Waals surface area contributed by atoms with Crippen LogP contribution in [0.25, 0.3) is 16.6 Å². The Bertz CT molecular complexity index is 1080. The Morgan fingerprint density at radius 1 is 1.29 bits per heavy atom. The average Bonchev–Trinajstić information content (AvgIpc) is 3.08. The summed E-state index contributed by atoms with van der Waals surface area (Å²) >= 11 is 0. The third kappa shape index (κ3) is 6.93. The van der Waals surface area contributed by atoms with Crippen molar-refractivity contribution in [1.29, 1.82) is 0 Å². The first-order chi connectivity index (χ1) is 15.8. The number of carboxylic acid groups (broad SMARTS) is 1. The molecule has 0 radical (unpaired) electrons. The van der Waals surface area contributed by atoms with Gasteiger partial charge in [0.15, 0.2) is 0 Å². The van der Waals surface area contributed by atoms with Gasteiger partial charge in [-0.2, -0.15) is 0 Å². The van der Waals surface area contributed by atoms with E-state index in [4.69, 9.17) is 9.47 Å². The summed E-state index contributed by atoms with van der Waals surface area (Å²) in [4.78, 5) is 28.8. The van der Waals surface area contributed by atoms with Gasteiger partial charge in [0.2, 0.25) is 0 Å². The predicted molar refractivity (Wildman–Crippen MR) is 136 cm³/mol. The molecule has 2 heterocycles. The Balaban J connectivity index is 1.83. The fourth-order valence-electron chi connectivity index (χ4n) is 4.01. The molecular formula is C25H37N3O5Si. The highest BCUT2D eigenvalue weighted by atomic mass is 28.3. The van der Waals surface area contributed by atoms with Gasteiger partial charge in [-0.05, 0) is 63.3 Å². The summed E-state index contributed by atoms with van der Waals surface area (Å²) in [6.45, 7) is 13.3. The topological polar surface area (TPSA) is 103 Å². The maximum absolute atomic E-state index is 12.3. The van der Waals surface area contributed by atoms with Gasteiger partial charge in [0, 0.05) is 38.5 Å². The number of nitrogens with one attached hydrogen (secondary N) is 1. The van der Waals surface area contributed by atoms with Crippen LogP contribution in [0.2, 0.25) is 25.7 Å². The van der Waals surface area contributed by atoms with E-state index in [2.05, 4.69) is 36.0 Å². The van der Waals surface area contributed by atoms with E-state index < -0.39 is 25.7 Å². The highest BCUT2D eigenvalue weighted by Crippen LogP contribution is 2.34. The van der Waals surface area contributed by atoms with Crippen LogP contribution in [0.4, 0.5) is 4.79 Å². The molecule has 0 fully saturated rings. The molecule has 0 aromatic carbocycles. The van der Waals surface area contributed by atoms with Crippen molar-refractivity contribution in [3.8, 4) is 0 Å². The lowest BCUT2D eigenvalue weighted by Gasteiger charge is -2.26. The number of pyridine rings is 1. The van der Waals surface area contributed by atoms with E-state index >= 15 is 0 Å². The molecule has 2 N–H and O–H groups in total. The Labute approximate surface area is 202 Å². The molecule has 1 aliphatic carbocycles. The maximum atomic E-state index is 12.3. The summed E-state index contributed by atoms with van der Waals surface area (Å²) in [6, 6.07) is 2.81. The molecule has 1 aliphatic rings. The maximum Gasteiger partial charge on any atom is 0.407 e. The number of allylic oxidation sites excluding steroid dienone is 1. The molecule has 1 atom stereocenters. The van der Waals surface area contributed by atoms with E-state index in [0.717, 1.165) is 30.0 Å². The van der Waals surface area contributed by atoms with Crippen LogP contribution >= 0.6 is 0 Å². The number of ether oxygens (including phenoxy) is 2. The SMILES string of the molecule is CC(C)(C)OC(=O)NC1CCC=C(c2ccnc3c2c(C(=O)O)cn3COCC[Si](C)(C)C)C1. The average molecular weight is 488 g/mol. The normalized spacial score (nSPS) is 16.9. The van der Waals surface area contributed by atoms with E-state index in [1.54, 1.807) is 17.0 Å². The first-order valence-electron chi connectivity index (χ1n) is 11.8. The van der Waals surface area contributed by atoms with Gasteiger partial charge >= 0.3 is 12.1 Å². The van der Waals surface area contributed by atoms with Gasteiger partial charge in [0.25, 0.3) is 0 Å². The number of amides is 1. The molecule has 8 nitrogen and oxygen atoms in total. The summed E-state index contributed by atoms with van der Waals surface area (Å²) in [5.74, 6) is -1.00. The Hall–Kier alpha value is -2.65. The third-order valence-electron chi connectivity index (χ3n) is 5.65. The minimum Gasteiger partial charge on any atom is -0.478 e. The van der Waals surface area contributed by atoms with Gasteiger partial charge in [-0.15, -0.1) is 0 Å². The number of rotatable bonds is 8. The predicted octanol–water partition coefficient (Wildman–Crippen LogP) is 5.51. The highest BCUT2D eigenvalue weighted by molar-refractivity contribution is 6.76. The number of carboxylic acids is 1. The molecule has 9 heteroatoms. The number of nitrogens with zero attached hydrogens (tertiary/aromatic N) is 2. The molecule has 2 aromatic rings. The van der Waals surface area contributed by atoms with Gasteiger partial charge < -0.3 is 24.5 Å². The van der Waals surface area contributed by atoms with Gasteiger partial charge in [0.05, 0.1) is 5.56 Å². The van der Waals surface area contributed by atoms with E-state index in [0.29, 0.717) is 24.1 Å². The zero-order valence-corrected chi connectivity index (χ0v) is 22.1. The summed E-state index contributed by atoms with van der Waals surface area (Å²) in [5.41, 5.74) is 2.06. The van der Waals surface area contributed by atoms with Crippen LogP contribution in [0.15, 0.2) is 24.5 Å². The molecule has 3 rings (SSSR count). The molecule has 0 saturated carbocycles. The van der Waals surface area contributed by atoms with E-state index in [1.807, 2.05) is 26.8 Å². The van der Waals surface area contributed by atoms with Crippen molar-refractivity contribution >= 4 is 36.7 Å². The number of hydrogen-bond acceptors (Lipinski definition) is 5. The van der Waals surface area contributed by atoms with Crippen molar-refractivity contribution in [1.82, 2.24) is 14.9 Å². The van der Waals surface area contributed by atoms with Crippen LogP contribution in [-0.2, 0) is 16.2 Å². The van der Waals surface area contributed by atoms with Crippen LogP contribution in [-0.4, -0.2) is 53.0 Å². The van der Waals surface area contributed by atoms with E-state index in [1.165, 1.54) is 0 Å². The molecule has 1 amide bonds. The van der Waals surface area contributed by atoms with E-state index in [9.17, 15) is 14.7 Å². The molecule has 0 spiro atoms. The second kappa shape index (κ2) is 10.3. The first-order valence-corrected chi connectivity index (χ1v) is 15.5. The minimum absolute atomic E-state index is 0.0849. The molecule has 186 valence electrons. The molecule has 1 unspecified atom stereocenters. The number of carbonyl (C=O) groups is 2. The summed E-state index contributed by atoms with van der Waals surface area (Å²) in [5, 5.41) is 13.5. The quantitative estimate of drug-likeness (QED) is 0.376. The molecular weight excluding hydrogens is 450 g/mol. The number of aromatic carboxylic acids is 1. The minimum atomic E-state index is -1.22. The molecule has 0 bridgehead atoms. The van der Waals surface area contributed by atoms with E-state index in [-0.39, 0.29) is 18.3 Å². The molecule has 34 heavy (non-hydrogen) atoms. The van der Waals surface area contributed by atoms with Crippen LogP contribution in [0.3, 0.4) is 0 Å². The van der Waals surface area contributed by atoms with Crippen LogP contribution < -0.4 is 5.32 Å². The zero-order chi connectivity index (χ0) is 25.1. The fourth-order valence-corrected chi connectivity index (χ4v) is 4.77. The second-order valence-electron chi connectivity index (χ2n) is 11.1. The Morgan fingerprint density at radius 2 is 2.03 bits per heavy atom. The number of alkyl carbamates (subject to hydrolysis) is 1. The van der Waals surface area contributed by atoms with Gasteiger partial charge in [-0.3, -0.25) is 0 Å². The summed E-state index contributed by atoms with van der Waals surface area (Å²) in [6.07, 6.45) is 7.17. The second-order valence-corrected chi connectivity index (χ2v) is 16.7. The molecule has 2 aromatic heterocycles. The Kier molecular flexibility index (Phi) is 7.87. The lowest BCUT2D eigenvalue weighted by molar-refractivity contribution is 0.0501. The zero-order valence-electron chi connectivity index (χ0n) is 21.1. The lowest BCUT2D eigenvalue weighted by Crippen LogP contribution is -2.39. The number of hydrogen-bond donors (Lipinski definition) is 2. The number of fused-ring (bicyclic) bond motifs is 1. The molecule has 0 saturated heterocycles. The largest absolute Gasteiger partial charge is 0.478 e. The van der Waals surface area contributed by atoms with Crippen molar-refractivity contribution in [2.75, 3.05) is 6.61 Å². The first kappa shape index (κ1) is 26.0. The van der Waals surface area contributed by atoms with Crippen molar-refractivity contribution in [3.05, 3.63) is 35.7 Å². The van der Waals surface area contributed by atoms with Crippen molar-refractivity contribution < 1.29 is 24.2 Å². The Morgan fingerprint density at radius 3 is 2.68 bits per heavy atom. The van der Waals surface area contributed by atoms with Crippen molar-refractivity contribution in [2.45, 2.75) is 84.1 Å². The monoisotopic (exact) mass is 487 g/mol. The van der Waals surface area contributed by atoms with Gasteiger partial charge in [-0.25, -0.2) is 14.6 Å². The van der Waals surface area contributed by atoms with Crippen molar-refractivity contribution in [2.24, 2.45) is 0 Å². The summed E-state index contributed by atoms with van der Waals surface area (Å²) in [7, 11) is -1.22. The number of aromatic nitrogens is 2. The summed E-state index contributed by atoms with van der Waals surface area (Å²) < 4.78 is 13.0. The van der Waals surface area contributed by atoms with Crippen LogP contribution in [0.1, 0.15) is 56.0 Å². The van der Waals surface area contributed by atoms with Gasteiger partial charge in [-0.1, -0.05) is 25.7 Å². The smallest absolute Gasteiger partial charge is 0.407 e. The lowest BCUT2D eigenvalue weighted by atomic mass is 9.88. The van der Waals surface area contributed by atoms with Crippen LogP contribution in [0, 0.1) is 0 Å². The highest BCUT2D eigenvalue weighted by Gasteiger charge is 2.25. The number of carbonyl (C=O) groups excluding carboxylic acids is 1. The third-order valence-corrected chi connectivity index (χ3v) is 7.36. The fraction of sp³-hybridized carbons (Fsp3) is 0.560. The standard InChI is InChI=1S/C25H37N3O5Si/c1-25(2,3)33-24(31)27-18-9-7-8-17(14-18)19-10-11-26-22-21(19)20(23(29)30)15-28(22)16-32-12-13-34(4,5)6/h8,10-11,15,18H,7,9,12-14,16H2,1-6H3,(H,27,31)(H,29,30).